The number of hydrogen-bond acceptors (Lipinski definition) is 6. The molecule has 0 atom stereocenters. The van der Waals surface area contributed by atoms with Gasteiger partial charge in [-0.1, -0.05) is 24.3 Å². The van der Waals surface area contributed by atoms with Crippen molar-refractivity contribution in [2.75, 3.05) is 39.6 Å². The van der Waals surface area contributed by atoms with Crippen LogP contribution in [0.2, 0.25) is 0 Å². The monoisotopic (exact) mass is 642 g/mol. The van der Waals surface area contributed by atoms with Gasteiger partial charge in [0.2, 0.25) is 0 Å². The molecule has 6 aromatic rings. The molecule has 0 spiro atoms. The number of fused-ring (bicyclic) bond motifs is 4. The summed E-state index contributed by atoms with van der Waals surface area (Å²) < 4.78 is 38.2. The predicted octanol–water partition coefficient (Wildman–Crippen LogP) is 10.6. The normalized spacial score (nSPS) is 12.9. The fraction of sp³-hybridized carbons (Fsp3) is 0.286. The van der Waals surface area contributed by atoms with E-state index in [4.69, 9.17) is 28.4 Å². The van der Waals surface area contributed by atoms with Crippen molar-refractivity contribution in [1.82, 2.24) is 0 Å². The molecule has 6 aromatic carbocycles. The molecule has 246 valence electrons. The van der Waals surface area contributed by atoms with Gasteiger partial charge >= 0.3 is 0 Å². The lowest BCUT2D eigenvalue weighted by Gasteiger charge is -2.23. The Kier molecular flexibility index (Phi) is 9.15. The molecule has 48 heavy (non-hydrogen) atoms. The van der Waals surface area contributed by atoms with Gasteiger partial charge in [-0.3, -0.25) is 0 Å². The van der Waals surface area contributed by atoms with Crippen LogP contribution in [0.5, 0.6) is 34.5 Å². The zero-order chi connectivity index (χ0) is 33.0. The van der Waals surface area contributed by atoms with E-state index < -0.39 is 0 Å². The Morgan fingerprint density at radius 1 is 0.417 bits per heavy atom. The van der Waals surface area contributed by atoms with Crippen LogP contribution in [0.4, 0.5) is 0 Å². The Balaban J connectivity index is 1.66. The Hall–Kier alpha value is -5.10. The molecule has 0 fully saturated rings. The molecule has 6 nitrogen and oxygen atoms in total. The Morgan fingerprint density at radius 2 is 0.750 bits per heavy atom. The smallest absolute Gasteiger partial charge is 0.127 e. The van der Waals surface area contributed by atoms with Gasteiger partial charge in [-0.25, -0.2) is 0 Å². The highest BCUT2D eigenvalue weighted by atomic mass is 16.5. The molecule has 0 saturated carbocycles. The number of benzene rings is 6. The van der Waals surface area contributed by atoms with E-state index in [1.807, 2.05) is 39.8 Å². The molecule has 0 N–H and O–H groups in total. The molecule has 0 saturated heterocycles. The second-order valence-corrected chi connectivity index (χ2v) is 11.8. The third-order valence-corrected chi connectivity index (χ3v) is 8.81. The molecule has 0 unspecified atom stereocenters. The van der Waals surface area contributed by atoms with Crippen LogP contribution < -0.4 is 28.4 Å². The van der Waals surface area contributed by atoms with Crippen LogP contribution in [0.1, 0.15) is 40.5 Å². The molecule has 1 aliphatic rings. The van der Waals surface area contributed by atoms with Gasteiger partial charge in [-0.15, -0.1) is 0 Å². The average Bonchev–Trinajstić information content (AvgIpc) is 3.10. The average molecular weight is 643 g/mol. The number of rotatable bonds is 8. The Labute approximate surface area is 282 Å². The van der Waals surface area contributed by atoms with Crippen molar-refractivity contribution in [3.63, 3.8) is 0 Å². The van der Waals surface area contributed by atoms with Gasteiger partial charge in [0, 0.05) is 22.3 Å². The maximum Gasteiger partial charge on any atom is 0.127 e. The fourth-order valence-electron chi connectivity index (χ4n) is 6.82. The molecule has 7 rings (SSSR count). The van der Waals surface area contributed by atoms with Gasteiger partial charge in [0.1, 0.15) is 34.5 Å². The molecule has 0 radical (unpaired) electrons. The van der Waals surface area contributed by atoms with Crippen molar-refractivity contribution in [2.45, 2.75) is 40.5 Å². The molecule has 0 amide bonds. The third kappa shape index (κ3) is 5.81. The van der Waals surface area contributed by atoms with Crippen molar-refractivity contribution >= 4 is 32.3 Å². The minimum Gasteiger partial charge on any atom is -0.494 e. The van der Waals surface area contributed by atoms with E-state index in [1.165, 1.54) is 0 Å². The van der Waals surface area contributed by atoms with Gasteiger partial charge in [0.05, 0.1) is 39.6 Å². The van der Waals surface area contributed by atoms with E-state index in [1.54, 1.807) is 0 Å². The first-order valence-corrected chi connectivity index (χ1v) is 17.2. The van der Waals surface area contributed by atoms with Gasteiger partial charge in [0.15, 0.2) is 0 Å². The lowest BCUT2D eigenvalue weighted by atomic mass is 9.87. The lowest BCUT2D eigenvalue weighted by molar-refractivity contribution is 0.267. The summed E-state index contributed by atoms with van der Waals surface area (Å²) in [6.45, 7) is 11.4. The highest BCUT2D eigenvalue weighted by molar-refractivity contribution is 6.16. The van der Waals surface area contributed by atoms with Gasteiger partial charge in [-0.2, -0.15) is 0 Å². The van der Waals surface area contributed by atoms with Crippen molar-refractivity contribution in [3.05, 3.63) is 84.9 Å². The van der Waals surface area contributed by atoms with Crippen LogP contribution in [-0.2, 0) is 0 Å². The van der Waals surface area contributed by atoms with E-state index in [0.717, 1.165) is 102 Å². The second-order valence-electron chi connectivity index (χ2n) is 11.8. The highest BCUT2D eigenvalue weighted by Gasteiger charge is 2.25. The summed E-state index contributed by atoms with van der Waals surface area (Å²) >= 11 is 0. The predicted molar refractivity (Wildman–Crippen MR) is 195 cm³/mol. The van der Waals surface area contributed by atoms with Gasteiger partial charge in [0.25, 0.3) is 0 Å². The van der Waals surface area contributed by atoms with Crippen LogP contribution in [0.15, 0.2) is 84.9 Å². The van der Waals surface area contributed by atoms with Crippen molar-refractivity contribution in [2.24, 2.45) is 0 Å². The topological polar surface area (TPSA) is 55.4 Å². The van der Waals surface area contributed by atoms with Gasteiger partial charge < -0.3 is 28.4 Å². The van der Waals surface area contributed by atoms with Gasteiger partial charge in [-0.05, 0) is 134 Å². The first kappa shape index (κ1) is 31.5. The maximum atomic E-state index is 6.41. The zero-order valence-electron chi connectivity index (χ0n) is 28.2. The van der Waals surface area contributed by atoms with Crippen LogP contribution in [-0.4, -0.2) is 39.6 Å². The Bertz CT molecular complexity index is 1950. The summed E-state index contributed by atoms with van der Waals surface area (Å²) in [6, 6.07) is 29.4. The second kappa shape index (κ2) is 13.9. The van der Waals surface area contributed by atoms with E-state index in [2.05, 4.69) is 72.8 Å². The zero-order valence-corrected chi connectivity index (χ0v) is 28.2. The van der Waals surface area contributed by atoms with Crippen molar-refractivity contribution in [3.8, 4) is 56.8 Å². The van der Waals surface area contributed by atoms with E-state index in [9.17, 15) is 0 Å². The molecule has 6 heteroatoms. The fourth-order valence-corrected chi connectivity index (χ4v) is 6.82. The molecule has 8 bridgehead atoms. The molecular weight excluding hydrogens is 600 g/mol. The lowest BCUT2D eigenvalue weighted by Crippen LogP contribution is -2.04. The van der Waals surface area contributed by atoms with E-state index >= 15 is 0 Å². The quantitative estimate of drug-likeness (QED) is 0.165. The first-order valence-electron chi connectivity index (χ1n) is 17.2. The van der Waals surface area contributed by atoms with Crippen LogP contribution in [0, 0.1) is 0 Å². The largest absolute Gasteiger partial charge is 0.494 e. The number of ether oxygens (including phenoxy) is 6. The summed E-state index contributed by atoms with van der Waals surface area (Å²) in [5.41, 5.74) is 3.88. The van der Waals surface area contributed by atoms with Crippen molar-refractivity contribution in [1.29, 1.82) is 0 Å². The highest BCUT2D eigenvalue weighted by Crippen LogP contribution is 2.51. The first-order chi connectivity index (χ1) is 23.6. The SMILES string of the molecule is CCOc1ccc2ccc3cc2c1-c1c(OCC)ccc2c(c(OCC)ccc12)-c1c(OCC)ccc2ccc(cc12)OCCCCO3. The molecule has 1 aliphatic heterocycles. The van der Waals surface area contributed by atoms with Crippen molar-refractivity contribution < 1.29 is 28.4 Å². The maximum absolute atomic E-state index is 6.41. The van der Waals surface area contributed by atoms with Crippen LogP contribution in [0.25, 0.3) is 54.6 Å². The van der Waals surface area contributed by atoms with E-state index in [0.29, 0.717) is 39.6 Å². The van der Waals surface area contributed by atoms with E-state index in [-0.39, 0.29) is 0 Å². The molecule has 0 aliphatic carbocycles. The summed E-state index contributed by atoms with van der Waals surface area (Å²) in [5, 5.41) is 6.30. The molecular formula is C42H42O6. The summed E-state index contributed by atoms with van der Waals surface area (Å²) in [6.07, 6.45) is 1.74. The minimum atomic E-state index is 0.520. The summed E-state index contributed by atoms with van der Waals surface area (Å²) in [4.78, 5) is 0. The minimum absolute atomic E-state index is 0.520. The summed E-state index contributed by atoms with van der Waals surface area (Å²) in [7, 11) is 0. The Morgan fingerprint density at radius 3 is 1.12 bits per heavy atom. The standard InChI is InChI=1S/C42H42O6/c1-5-43-35-19-13-27-11-15-29-25-33(27)41(35)39-31-17-22-38(46-8-4)40(32(31)18-21-37(39)45-7-3)42-34-26-30(48-24-10-9-23-47-29)16-12-28(34)14-20-36(42)44-6-2/h11-22,25-26H,5-10,23-24H2,1-4H3. The van der Waals surface area contributed by atoms with Crippen LogP contribution in [0.3, 0.4) is 0 Å². The molecule has 1 heterocycles. The number of hydrogen-bond donors (Lipinski definition) is 0. The summed E-state index contributed by atoms with van der Waals surface area (Å²) in [5.74, 6) is 4.79. The van der Waals surface area contributed by atoms with Crippen LogP contribution >= 0.6 is 0 Å². The third-order valence-electron chi connectivity index (χ3n) is 8.81. The molecule has 0 aromatic heterocycles.